The first-order chi connectivity index (χ1) is 22.3. The van der Waals surface area contributed by atoms with Gasteiger partial charge >= 0.3 is 6.03 Å². The number of hydrogen-bond acceptors (Lipinski definition) is 8. The molecule has 244 valence electrons. The highest BCUT2D eigenvalue weighted by Crippen LogP contribution is 2.34. The van der Waals surface area contributed by atoms with Crippen LogP contribution in [0.25, 0.3) is 5.69 Å². The van der Waals surface area contributed by atoms with Crippen molar-refractivity contribution in [2.75, 3.05) is 30.8 Å². The maximum Gasteiger partial charge on any atom is 0.319 e. The molecule has 0 atom stereocenters. The molecule has 0 bridgehead atoms. The van der Waals surface area contributed by atoms with Crippen molar-refractivity contribution in [2.45, 2.75) is 64.8 Å². The highest BCUT2D eigenvalue weighted by molar-refractivity contribution is 7.17. The number of methoxy groups -OCH3 is 1. The Balaban J connectivity index is 1.16. The maximum atomic E-state index is 13.0. The number of aliphatic hydroxyl groups excluding tert-OH is 1. The van der Waals surface area contributed by atoms with Gasteiger partial charge in [-0.25, -0.2) is 9.78 Å². The highest BCUT2D eigenvalue weighted by Gasteiger charge is 2.18. The Morgan fingerprint density at radius 2 is 1.83 bits per heavy atom. The smallest absolute Gasteiger partial charge is 0.319 e. The van der Waals surface area contributed by atoms with Gasteiger partial charge in [-0.1, -0.05) is 25.2 Å². The third-order valence-corrected chi connectivity index (χ3v) is 8.79. The zero-order chi connectivity index (χ0) is 32.5. The SMILES string of the molecule is CCC(CC)NC(=O)Nc1ccc(Oc2cnc(NC(=O)c3ccc(-n4ccc(CN5CCC(O)CC5)c4)cc3)s2)c(COC)c1. The zero-order valence-corrected chi connectivity index (χ0v) is 27.3. The molecule has 0 unspecified atom stereocenters. The lowest BCUT2D eigenvalue weighted by atomic mass is 10.1. The van der Waals surface area contributed by atoms with Crippen LogP contribution in [0.1, 0.15) is 61.0 Å². The van der Waals surface area contributed by atoms with Crippen LogP contribution in [0.15, 0.2) is 67.1 Å². The average Bonchev–Trinajstić information content (AvgIpc) is 3.72. The van der Waals surface area contributed by atoms with E-state index in [0.717, 1.165) is 56.6 Å². The minimum Gasteiger partial charge on any atom is -0.445 e. The molecule has 0 aliphatic carbocycles. The summed E-state index contributed by atoms with van der Waals surface area (Å²) < 4.78 is 13.5. The molecule has 2 aromatic carbocycles. The number of nitrogens with one attached hydrogen (secondary N) is 3. The van der Waals surface area contributed by atoms with Gasteiger partial charge in [0.05, 0.1) is 18.9 Å². The Kier molecular flexibility index (Phi) is 11.4. The number of nitrogens with zero attached hydrogens (tertiary/aromatic N) is 3. The molecule has 3 heterocycles. The fourth-order valence-corrected chi connectivity index (χ4v) is 6.00. The largest absolute Gasteiger partial charge is 0.445 e. The molecule has 1 aliphatic rings. The van der Waals surface area contributed by atoms with Crippen LogP contribution < -0.4 is 20.7 Å². The van der Waals surface area contributed by atoms with E-state index >= 15 is 0 Å². The third-order valence-electron chi connectivity index (χ3n) is 8.00. The van der Waals surface area contributed by atoms with Crippen LogP contribution in [0.3, 0.4) is 0 Å². The number of aliphatic hydroxyl groups is 1. The van der Waals surface area contributed by atoms with E-state index in [0.29, 0.717) is 27.2 Å². The van der Waals surface area contributed by atoms with Crippen LogP contribution in [-0.2, 0) is 17.9 Å². The van der Waals surface area contributed by atoms with Gasteiger partial charge in [0.1, 0.15) is 5.75 Å². The van der Waals surface area contributed by atoms with E-state index < -0.39 is 0 Å². The van der Waals surface area contributed by atoms with Gasteiger partial charge in [-0.05, 0) is 79.8 Å². The Labute approximate surface area is 273 Å². The van der Waals surface area contributed by atoms with Gasteiger partial charge in [0, 0.05) is 67.7 Å². The number of urea groups is 1. The van der Waals surface area contributed by atoms with E-state index in [9.17, 15) is 14.7 Å². The molecular weight excluding hydrogens is 604 g/mol. The first kappa shape index (κ1) is 33.1. The lowest BCUT2D eigenvalue weighted by molar-refractivity contribution is 0.0792. The van der Waals surface area contributed by atoms with Crippen LogP contribution in [0.5, 0.6) is 10.8 Å². The molecule has 4 N–H and O–H groups in total. The van der Waals surface area contributed by atoms with Gasteiger partial charge in [-0.15, -0.1) is 0 Å². The van der Waals surface area contributed by atoms with Crippen molar-refractivity contribution in [3.8, 4) is 16.5 Å². The van der Waals surface area contributed by atoms with E-state index in [1.165, 1.54) is 16.9 Å². The molecule has 2 aromatic heterocycles. The molecule has 11 nitrogen and oxygen atoms in total. The summed E-state index contributed by atoms with van der Waals surface area (Å²) in [5.74, 6) is 0.294. The minimum absolute atomic E-state index is 0.118. The van der Waals surface area contributed by atoms with Gasteiger partial charge in [0.15, 0.2) is 5.13 Å². The Morgan fingerprint density at radius 1 is 1.07 bits per heavy atom. The molecule has 1 aliphatic heterocycles. The second-order valence-corrected chi connectivity index (χ2v) is 12.4. The summed E-state index contributed by atoms with van der Waals surface area (Å²) in [6.07, 6.45) is 8.87. The average molecular weight is 647 g/mol. The number of anilines is 2. The molecule has 46 heavy (non-hydrogen) atoms. The number of amides is 3. The Morgan fingerprint density at radius 3 is 2.54 bits per heavy atom. The number of likely N-dealkylation sites (tertiary alicyclic amines) is 1. The predicted molar refractivity (Wildman–Crippen MR) is 180 cm³/mol. The highest BCUT2D eigenvalue weighted by atomic mass is 32.1. The molecule has 3 amide bonds. The zero-order valence-electron chi connectivity index (χ0n) is 26.5. The van der Waals surface area contributed by atoms with Crippen molar-refractivity contribution in [3.63, 3.8) is 0 Å². The van der Waals surface area contributed by atoms with Gasteiger partial charge in [0.25, 0.3) is 5.91 Å². The molecule has 0 radical (unpaired) electrons. The summed E-state index contributed by atoms with van der Waals surface area (Å²) in [4.78, 5) is 32.1. The summed E-state index contributed by atoms with van der Waals surface area (Å²) in [5, 5.41) is 19.3. The van der Waals surface area contributed by atoms with Crippen molar-refractivity contribution in [1.82, 2.24) is 19.8 Å². The van der Waals surface area contributed by atoms with E-state index in [2.05, 4.69) is 38.1 Å². The summed E-state index contributed by atoms with van der Waals surface area (Å²) in [5.41, 5.74) is 4.06. The first-order valence-electron chi connectivity index (χ1n) is 15.7. The normalized spacial score (nSPS) is 13.9. The molecule has 0 spiro atoms. The van der Waals surface area contributed by atoms with E-state index in [-0.39, 0.29) is 30.7 Å². The number of carbonyl (C=O) groups excluding carboxylic acids is 2. The minimum atomic E-state index is -0.268. The summed E-state index contributed by atoms with van der Waals surface area (Å²) in [7, 11) is 1.59. The van der Waals surface area contributed by atoms with Crippen LogP contribution in [0.4, 0.5) is 15.6 Å². The quantitative estimate of drug-likeness (QED) is 0.132. The second-order valence-electron chi connectivity index (χ2n) is 11.4. The molecule has 1 saturated heterocycles. The molecule has 0 saturated carbocycles. The molecule has 12 heteroatoms. The Bertz CT molecular complexity index is 1590. The summed E-state index contributed by atoms with van der Waals surface area (Å²) in [6, 6.07) is 14.7. The predicted octanol–water partition coefficient (Wildman–Crippen LogP) is 6.39. The summed E-state index contributed by atoms with van der Waals surface area (Å²) >= 11 is 1.21. The number of benzene rings is 2. The number of carbonyl (C=O) groups is 2. The van der Waals surface area contributed by atoms with Crippen molar-refractivity contribution < 1.29 is 24.2 Å². The van der Waals surface area contributed by atoms with Crippen molar-refractivity contribution >= 4 is 34.1 Å². The molecule has 5 rings (SSSR count). The monoisotopic (exact) mass is 646 g/mol. The number of aromatic nitrogens is 2. The lowest BCUT2D eigenvalue weighted by Gasteiger charge is -2.29. The van der Waals surface area contributed by atoms with E-state index in [1.807, 2.05) is 42.8 Å². The fraction of sp³-hybridized carbons (Fsp3) is 0.382. The molecular formula is C34H42N6O5S. The van der Waals surface area contributed by atoms with Gasteiger partial charge in [-0.2, -0.15) is 0 Å². The number of rotatable bonds is 13. The molecule has 1 fully saturated rings. The van der Waals surface area contributed by atoms with Crippen molar-refractivity contribution in [2.24, 2.45) is 0 Å². The van der Waals surface area contributed by atoms with Crippen molar-refractivity contribution in [3.05, 3.63) is 83.8 Å². The third kappa shape index (κ3) is 8.94. The van der Waals surface area contributed by atoms with Crippen molar-refractivity contribution in [1.29, 1.82) is 0 Å². The van der Waals surface area contributed by atoms with Crippen LogP contribution in [0.2, 0.25) is 0 Å². The Hall–Kier alpha value is -4.23. The first-order valence-corrected chi connectivity index (χ1v) is 16.5. The molecule has 4 aromatic rings. The summed E-state index contributed by atoms with van der Waals surface area (Å²) in [6.45, 7) is 7.02. The van der Waals surface area contributed by atoms with E-state index in [1.54, 1.807) is 37.6 Å². The standard InChI is InChI=1S/C34H42N6O5S/c1-4-26(5-2)36-33(43)37-27-8-11-30(25(18-27)22-44-3)45-31-19-35-34(46-31)38-32(42)24-6-9-28(10-7-24)40-17-12-23(21-40)20-39-15-13-29(41)14-16-39/h6-12,17-19,21,26,29,41H,4-5,13-16,20,22H2,1-3H3,(H,35,38,42)(H2,36,37,43). The number of thiazole rings is 1. The van der Waals surface area contributed by atoms with Crippen LogP contribution >= 0.6 is 11.3 Å². The van der Waals surface area contributed by atoms with Crippen LogP contribution in [-0.4, -0.2) is 63.8 Å². The van der Waals surface area contributed by atoms with Gasteiger partial charge in [-0.3, -0.25) is 15.0 Å². The topological polar surface area (TPSA) is 130 Å². The maximum absolute atomic E-state index is 13.0. The lowest BCUT2D eigenvalue weighted by Crippen LogP contribution is -2.37. The number of hydrogen-bond donors (Lipinski definition) is 4. The van der Waals surface area contributed by atoms with Gasteiger partial charge in [0.2, 0.25) is 5.06 Å². The van der Waals surface area contributed by atoms with E-state index in [4.69, 9.17) is 9.47 Å². The van der Waals surface area contributed by atoms with Gasteiger partial charge < -0.3 is 29.8 Å². The second kappa shape index (κ2) is 15.9. The number of ether oxygens (including phenoxy) is 2. The van der Waals surface area contributed by atoms with Crippen LogP contribution in [0, 0.1) is 0 Å². The fourth-order valence-electron chi connectivity index (χ4n) is 5.33. The number of piperidine rings is 1.